The Bertz CT molecular complexity index is 404. The lowest BCUT2D eigenvalue weighted by atomic mass is 9.90. The number of rotatable bonds is 13. The molecule has 3 nitrogen and oxygen atoms in total. The van der Waals surface area contributed by atoms with Gasteiger partial charge in [0.15, 0.2) is 0 Å². The molecule has 2 N–H and O–H groups in total. The zero-order chi connectivity index (χ0) is 17.8. The van der Waals surface area contributed by atoms with E-state index in [0.29, 0.717) is 18.3 Å². The van der Waals surface area contributed by atoms with Crippen LogP contribution in [0.2, 0.25) is 0 Å². The number of aliphatic hydroxyl groups is 1. The number of carboxylic acid groups (broad SMARTS) is 1. The van der Waals surface area contributed by atoms with Crippen molar-refractivity contribution in [1.29, 1.82) is 0 Å². The molecule has 24 heavy (non-hydrogen) atoms. The Morgan fingerprint density at radius 2 is 2.00 bits per heavy atom. The smallest absolute Gasteiger partial charge is 0.303 e. The quantitative estimate of drug-likeness (QED) is 0.267. The molecule has 4 heteroatoms. The van der Waals surface area contributed by atoms with Crippen LogP contribution < -0.4 is 0 Å². The molecular formula is C20H34O3S. The fourth-order valence-corrected chi connectivity index (χ4v) is 3.92. The molecule has 0 bridgehead atoms. The summed E-state index contributed by atoms with van der Waals surface area (Å²) in [5.74, 6) is 0.465. The van der Waals surface area contributed by atoms with Crippen molar-refractivity contribution in [2.45, 2.75) is 90.1 Å². The van der Waals surface area contributed by atoms with Gasteiger partial charge >= 0.3 is 5.97 Å². The molecule has 0 aromatic heterocycles. The number of unbranched alkanes of at least 4 members (excludes halogenated alkanes) is 5. The molecule has 0 aromatic rings. The van der Waals surface area contributed by atoms with Crippen LogP contribution in [-0.2, 0) is 4.79 Å². The molecule has 0 radical (unpaired) electrons. The maximum absolute atomic E-state index is 10.5. The Morgan fingerprint density at radius 3 is 2.71 bits per heavy atom. The van der Waals surface area contributed by atoms with Crippen LogP contribution in [0.25, 0.3) is 0 Å². The van der Waals surface area contributed by atoms with Gasteiger partial charge in [-0.1, -0.05) is 50.1 Å². The van der Waals surface area contributed by atoms with Gasteiger partial charge in [-0.05, 0) is 68.6 Å². The molecule has 1 saturated carbocycles. The lowest BCUT2D eigenvalue weighted by Gasteiger charge is -2.16. The molecule has 0 heterocycles. The maximum atomic E-state index is 10.5. The van der Waals surface area contributed by atoms with Gasteiger partial charge in [0, 0.05) is 6.42 Å². The second-order valence-corrected chi connectivity index (χ2v) is 7.71. The van der Waals surface area contributed by atoms with E-state index in [1.54, 1.807) is 0 Å². The van der Waals surface area contributed by atoms with Crippen molar-refractivity contribution in [2.75, 3.05) is 0 Å². The molecule has 0 amide bonds. The van der Waals surface area contributed by atoms with Gasteiger partial charge in [0.1, 0.15) is 0 Å². The zero-order valence-corrected chi connectivity index (χ0v) is 15.9. The highest BCUT2D eigenvalue weighted by molar-refractivity contribution is 7.80. The maximum Gasteiger partial charge on any atom is 0.303 e. The lowest BCUT2D eigenvalue weighted by molar-refractivity contribution is -0.137. The normalized spacial score (nSPS) is 22.3. The van der Waals surface area contributed by atoms with Gasteiger partial charge < -0.3 is 10.2 Å². The van der Waals surface area contributed by atoms with Gasteiger partial charge in [-0.2, -0.15) is 0 Å². The minimum atomic E-state index is -0.689. The molecule has 0 aromatic carbocycles. The standard InChI is InChI=1S/C20H34O3S/c1-16(21)10-6-2-3-7-11-17-14-15-19(24)18(17)12-8-4-5-9-13-20(22)23/h7,11,16-18,21H,2-6,8-10,12-15H2,1H3,(H,22,23)/b11-7+/t16?,17?,18-/m1/s1. The molecule has 1 rings (SSSR count). The van der Waals surface area contributed by atoms with Crippen LogP contribution in [0.5, 0.6) is 0 Å². The van der Waals surface area contributed by atoms with E-state index in [4.69, 9.17) is 17.3 Å². The first-order chi connectivity index (χ1) is 11.5. The predicted octanol–water partition coefficient (Wildman–Crippen LogP) is 5.31. The Kier molecular flexibility index (Phi) is 11.2. The van der Waals surface area contributed by atoms with Crippen LogP contribution in [0.4, 0.5) is 0 Å². The Morgan fingerprint density at radius 1 is 1.25 bits per heavy atom. The summed E-state index contributed by atoms with van der Waals surface area (Å²) in [6.07, 6.45) is 16.5. The summed E-state index contributed by atoms with van der Waals surface area (Å²) < 4.78 is 0. The van der Waals surface area contributed by atoms with E-state index in [9.17, 15) is 9.90 Å². The second-order valence-electron chi connectivity index (χ2n) is 7.18. The summed E-state index contributed by atoms with van der Waals surface area (Å²) in [5, 5.41) is 17.9. The molecule has 3 atom stereocenters. The van der Waals surface area contributed by atoms with Crippen LogP contribution in [0.15, 0.2) is 12.2 Å². The van der Waals surface area contributed by atoms with Gasteiger partial charge in [0.25, 0.3) is 0 Å². The minimum absolute atomic E-state index is 0.180. The molecule has 0 aliphatic heterocycles. The van der Waals surface area contributed by atoms with Crippen molar-refractivity contribution in [1.82, 2.24) is 0 Å². The lowest BCUT2D eigenvalue weighted by Crippen LogP contribution is -2.11. The number of allylic oxidation sites excluding steroid dienone is 2. The first-order valence-electron chi connectivity index (χ1n) is 9.60. The van der Waals surface area contributed by atoms with Crippen molar-refractivity contribution in [2.24, 2.45) is 11.8 Å². The Balaban J connectivity index is 2.19. The van der Waals surface area contributed by atoms with Crippen LogP contribution in [0, 0.1) is 11.8 Å². The fraction of sp³-hybridized carbons (Fsp3) is 0.800. The third kappa shape index (κ3) is 9.53. The average Bonchev–Trinajstić information content (AvgIpc) is 2.86. The van der Waals surface area contributed by atoms with Crippen molar-refractivity contribution in [3.8, 4) is 0 Å². The first kappa shape index (κ1) is 21.3. The second kappa shape index (κ2) is 12.6. The Hall–Kier alpha value is -0.740. The van der Waals surface area contributed by atoms with Crippen molar-refractivity contribution in [3.05, 3.63) is 12.2 Å². The SMILES string of the molecule is CC(O)CCCC/C=C/C1CCC(=S)[C@@H]1CCCCCCC(=O)O. The van der Waals surface area contributed by atoms with Gasteiger partial charge in [0.2, 0.25) is 0 Å². The van der Waals surface area contributed by atoms with Gasteiger partial charge in [-0.25, -0.2) is 0 Å². The van der Waals surface area contributed by atoms with Crippen LogP contribution in [0.1, 0.15) is 84.0 Å². The van der Waals surface area contributed by atoms with Gasteiger partial charge in [-0.15, -0.1) is 0 Å². The molecule has 0 saturated heterocycles. The predicted molar refractivity (Wildman–Crippen MR) is 103 cm³/mol. The zero-order valence-electron chi connectivity index (χ0n) is 15.1. The van der Waals surface area contributed by atoms with E-state index in [0.717, 1.165) is 64.2 Å². The average molecular weight is 355 g/mol. The topological polar surface area (TPSA) is 57.5 Å². The van der Waals surface area contributed by atoms with E-state index >= 15 is 0 Å². The Labute approximate surface area is 152 Å². The highest BCUT2D eigenvalue weighted by Gasteiger charge is 2.29. The largest absolute Gasteiger partial charge is 0.481 e. The molecule has 138 valence electrons. The van der Waals surface area contributed by atoms with E-state index < -0.39 is 5.97 Å². The first-order valence-corrected chi connectivity index (χ1v) is 10.0. The van der Waals surface area contributed by atoms with Crippen molar-refractivity contribution < 1.29 is 15.0 Å². The summed E-state index contributed by atoms with van der Waals surface area (Å²) in [6.45, 7) is 1.85. The molecule has 0 spiro atoms. The van der Waals surface area contributed by atoms with E-state index in [1.165, 1.54) is 11.3 Å². The van der Waals surface area contributed by atoms with E-state index in [1.807, 2.05) is 6.92 Å². The number of carbonyl (C=O) groups is 1. The highest BCUT2D eigenvalue weighted by atomic mass is 32.1. The number of carboxylic acids is 1. The molecule has 1 aliphatic carbocycles. The molecule has 1 aliphatic rings. The summed E-state index contributed by atoms with van der Waals surface area (Å²) in [6, 6.07) is 0. The van der Waals surface area contributed by atoms with Crippen molar-refractivity contribution in [3.63, 3.8) is 0 Å². The monoisotopic (exact) mass is 354 g/mol. The highest BCUT2D eigenvalue weighted by Crippen LogP contribution is 2.35. The number of thiocarbonyl (C=S) groups is 1. The fourth-order valence-electron chi connectivity index (χ4n) is 3.51. The van der Waals surface area contributed by atoms with Crippen molar-refractivity contribution >= 4 is 23.1 Å². The summed E-state index contributed by atoms with van der Waals surface area (Å²) in [7, 11) is 0. The number of aliphatic hydroxyl groups excluding tert-OH is 1. The number of hydrogen-bond donors (Lipinski definition) is 2. The third-order valence-corrected chi connectivity index (χ3v) is 5.44. The molecular weight excluding hydrogens is 320 g/mol. The summed E-state index contributed by atoms with van der Waals surface area (Å²) in [5.41, 5.74) is 0. The molecule has 2 unspecified atom stereocenters. The van der Waals surface area contributed by atoms with Crippen LogP contribution >= 0.6 is 12.2 Å². The summed E-state index contributed by atoms with van der Waals surface area (Å²) >= 11 is 5.56. The number of hydrogen-bond acceptors (Lipinski definition) is 3. The van der Waals surface area contributed by atoms with Gasteiger partial charge in [0.05, 0.1) is 6.10 Å². The molecule has 1 fully saturated rings. The van der Waals surface area contributed by atoms with Crippen LogP contribution in [-0.4, -0.2) is 27.2 Å². The number of aliphatic carboxylic acids is 1. The van der Waals surface area contributed by atoms with E-state index in [2.05, 4.69) is 12.2 Å². The minimum Gasteiger partial charge on any atom is -0.481 e. The van der Waals surface area contributed by atoms with Gasteiger partial charge in [-0.3, -0.25) is 4.79 Å². The summed E-state index contributed by atoms with van der Waals surface area (Å²) in [4.78, 5) is 11.7. The third-order valence-electron chi connectivity index (χ3n) is 4.94. The van der Waals surface area contributed by atoms with E-state index in [-0.39, 0.29) is 6.10 Å². The van der Waals surface area contributed by atoms with Crippen LogP contribution in [0.3, 0.4) is 0 Å².